The van der Waals surface area contributed by atoms with Crippen LogP contribution in [-0.4, -0.2) is 76.2 Å². The summed E-state index contributed by atoms with van der Waals surface area (Å²) in [6, 6.07) is 6.58. The van der Waals surface area contributed by atoms with Gasteiger partial charge in [0.2, 0.25) is 5.91 Å². The van der Waals surface area contributed by atoms with E-state index in [1.807, 2.05) is 25.2 Å². The summed E-state index contributed by atoms with van der Waals surface area (Å²) in [6.07, 6.45) is 1.76. The predicted molar refractivity (Wildman–Crippen MR) is 97.0 cm³/mol. The number of hydrogen-bond donors (Lipinski definition) is 0. The van der Waals surface area contributed by atoms with E-state index in [4.69, 9.17) is 0 Å². The van der Waals surface area contributed by atoms with E-state index in [0.29, 0.717) is 19.0 Å². The van der Waals surface area contributed by atoms with Gasteiger partial charge >= 0.3 is 0 Å². The highest BCUT2D eigenvalue weighted by atomic mass is 32.1. The Morgan fingerprint density at radius 3 is 2.88 bits per heavy atom. The Morgan fingerprint density at radius 1 is 1.33 bits per heavy atom. The number of hydrogen-bond acceptors (Lipinski definition) is 6. The fourth-order valence-corrected chi connectivity index (χ4v) is 3.72. The van der Waals surface area contributed by atoms with Crippen molar-refractivity contribution in [3.05, 3.63) is 23.8 Å². The minimum Gasteiger partial charge on any atom is -0.341 e. The Morgan fingerprint density at radius 2 is 2.12 bits per heavy atom. The molecule has 7 heteroatoms. The van der Waals surface area contributed by atoms with Gasteiger partial charge in [-0.25, -0.2) is 0 Å². The summed E-state index contributed by atoms with van der Waals surface area (Å²) in [5.41, 5.74) is 2.92. The maximum Gasteiger partial charge on any atom is 0.223 e. The Bertz CT molecular complexity index is 703. The van der Waals surface area contributed by atoms with Crippen LogP contribution in [0.15, 0.2) is 18.2 Å². The molecule has 0 bridgehead atoms. The van der Waals surface area contributed by atoms with Gasteiger partial charge in [-0.15, -0.1) is 0 Å². The van der Waals surface area contributed by atoms with Crippen LogP contribution in [0.2, 0.25) is 0 Å². The zero-order chi connectivity index (χ0) is 17.1. The van der Waals surface area contributed by atoms with Crippen LogP contribution in [0.5, 0.6) is 0 Å². The molecule has 0 radical (unpaired) electrons. The number of benzene rings is 1. The molecule has 2 aromatic rings. The molecule has 1 fully saturated rings. The number of likely N-dealkylation sites (N-methyl/N-ethyl adjacent to an activating group) is 2. The molecule has 1 aromatic carbocycles. The average Bonchev–Trinajstić information content (AvgIpc) is 3.20. The Kier molecular flexibility index (Phi) is 5.43. The fraction of sp³-hybridized carbons (Fsp3) is 0.588. The second-order valence-electron chi connectivity index (χ2n) is 6.77. The third-order valence-corrected chi connectivity index (χ3v) is 5.39. The van der Waals surface area contributed by atoms with E-state index in [0.717, 1.165) is 36.2 Å². The highest BCUT2D eigenvalue weighted by Gasteiger charge is 2.23. The lowest BCUT2D eigenvalue weighted by Crippen LogP contribution is -2.37. The van der Waals surface area contributed by atoms with Crippen LogP contribution in [0.4, 0.5) is 0 Å². The van der Waals surface area contributed by atoms with Crippen LogP contribution >= 0.6 is 11.7 Å². The Labute approximate surface area is 147 Å². The molecule has 24 heavy (non-hydrogen) atoms. The summed E-state index contributed by atoms with van der Waals surface area (Å²) in [5, 5.41) is 0. The molecule has 3 rings (SSSR count). The van der Waals surface area contributed by atoms with Crippen molar-refractivity contribution in [2.24, 2.45) is 0 Å². The highest BCUT2D eigenvalue weighted by Crippen LogP contribution is 2.16. The molecule has 0 unspecified atom stereocenters. The molecule has 0 saturated carbocycles. The second-order valence-corrected chi connectivity index (χ2v) is 7.30. The van der Waals surface area contributed by atoms with Crippen molar-refractivity contribution in [3.8, 4) is 0 Å². The zero-order valence-corrected chi connectivity index (χ0v) is 15.4. The van der Waals surface area contributed by atoms with E-state index in [-0.39, 0.29) is 5.91 Å². The lowest BCUT2D eigenvalue weighted by Gasteiger charge is -2.25. The molecule has 1 saturated heterocycles. The molecule has 1 amide bonds. The van der Waals surface area contributed by atoms with Crippen LogP contribution < -0.4 is 0 Å². The minimum atomic E-state index is 0.185. The zero-order valence-electron chi connectivity index (χ0n) is 14.6. The number of carbonyl (C=O) groups is 1. The average molecular weight is 347 g/mol. The van der Waals surface area contributed by atoms with Crippen molar-refractivity contribution in [2.75, 3.05) is 40.8 Å². The minimum absolute atomic E-state index is 0.185. The van der Waals surface area contributed by atoms with Gasteiger partial charge in [0.05, 0.1) is 11.7 Å². The van der Waals surface area contributed by atoms with Crippen LogP contribution in [0.1, 0.15) is 18.4 Å². The molecule has 0 N–H and O–H groups in total. The van der Waals surface area contributed by atoms with Crippen molar-refractivity contribution >= 4 is 28.7 Å². The van der Waals surface area contributed by atoms with Crippen molar-refractivity contribution in [3.63, 3.8) is 0 Å². The van der Waals surface area contributed by atoms with Gasteiger partial charge in [0.25, 0.3) is 0 Å². The molecule has 1 aliphatic heterocycles. The highest BCUT2D eigenvalue weighted by molar-refractivity contribution is 7.00. The van der Waals surface area contributed by atoms with Gasteiger partial charge in [0.15, 0.2) is 0 Å². The third-order valence-electron chi connectivity index (χ3n) is 4.83. The maximum absolute atomic E-state index is 12.4. The Hall–Kier alpha value is -1.57. The van der Waals surface area contributed by atoms with E-state index in [1.54, 1.807) is 4.90 Å². The number of amides is 1. The van der Waals surface area contributed by atoms with Crippen molar-refractivity contribution in [1.82, 2.24) is 23.4 Å². The number of likely N-dealkylation sites (tertiary alicyclic amines) is 1. The van der Waals surface area contributed by atoms with E-state index in [9.17, 15) is 4.79 Å². The van der Waals surface area contributed by atoms with Crippen molar-refractivity contribution in [1.29, 1.82) is 0 Å². The first kappa shape index (κ1) is 17.3. The number of fused-ring (bicyclic) bond motifs is 1. The first-order valence-electron chi connectivity index (χ1n) is 8.37. The second kappa shape index (κ2) is 7.55. The number of nitrogens with zero attached hydrogens (tertiary/aromatic N) is 5. The molecule has 2 heterocycles. The topological polar surface area (TPSA) is 52.6 Å². The molecule has 1 atom stereocenters. The standard InChI is InChI=1S/C17H25N5OS/c1-20-8-6-14(12-20)21(2)9-7-17(23)22(3)11-13-4-5-15-16(10-13)19-24-18-15/h4-5,10,14H,6-9,11-12H2,1-3H3/t14-/m0/s1. The lowest BCUT2D eigenvalue weighted by atomic mass is 10.2. The summed E-state index contributed by atoms with van der Waals surface area (Å²) in [6.45, 7) is 3.68. The SMILES string of the molecule is CN1CC[C@H](N(C)CCC(=O)N(C)Cc2ccc3nsnc3c2)C1. The molecule has 1 aromatic heterocycles. The first-order chi connectivity index (χ1) is 11.5. The summed E-state index contributed by atoms with van der Waals surface area (Å²) in [7, 11) is 6.15. The molecule has 130 valence electrons. The molecule has 6 nitrogen and oxygen atoms in total. The van der Waals surface area contributed by atoms with Gasteiger partial charge < -0.3 is 14.7 Å². The first-order valence-corrected chi connectivity index (χ1v) is 9.10. The normalized spacial score (nSPS) is 18.6. The largest absolute Gasteiger partial charge is 0.341 e. The summed E-state index contributed by atoms with van der Waals surface area (Å²) < 4.78 is 8.46. The molecular formula is C17H25N5OS. The van der Waals surface area contributed by atoms with Crippen molar-refractivity contribution in [2.45, 2.75) is 25.4 Å². The summed E-state index contributed by atoms with van der Waals surface area (Å²) in [5.74, 6) is 0.185. The fourth-order valence-electron chi connectivity index (χ4n) is 3.21. The van der Waals surface area contributed by atoms with Crippen molar-refractivity contribution < 1.29 is 4.79 Å². The summed E-state index contributed by atoms with van der Waals surface area (Å²) >= 11 is 1.22. The molecular weight excluding hydrogens is 322 g/mol. The number of carbonyl (C=O) groups excluding carboxylic acids is 1. The number of aromatic nitrogens is 2. The predicted octanol–water partition coefficient (Wildman–Crippen LogP) is 1.68. The van der Waals surface area contributed by atoms with Gasteiger partial charge in [-0.3, -0.25) is 4.79 Å². The van der Waals surface area contributed by atoms with Gasteiger partial charge in [0, 0.05) is 39.1 Å². The van der Waals surface area contributed by atoms with Crippen LogP contribution in [0, 0.1) is 0 Å². The quantitative estimate of drug-likeness (QED) is 0.796. The summed E-state index contributed by atoms with van der Waals surface area (Å²) in [4.78, 5) is 18.9. The van der Waals surface area contributed by atoms with Gasteiger partial charge in [-0.2, -0.15) is 8.75 Å². The van der Waals surface area contributed by atoms with E-state index >= 15 is 0 Å². The smallest absolute Gasteiger partial charge is 0.223 e. The van der Waals surface area contributed by atoms with E-state index in [1.165, 1.54) is 18.1 Å². The van der Waals surface area contributed by atoms with Gasteiger partial charge in [-0.1, -0.05) is 6.07 Å². The molecule has 0 aliphatic carbocycles. The maximum atomic E-state index is 12.4. The lowest BCUT2D eigenvalue weighted by molar-refractivity contribution is -0.130. The van der Waals surface area contributed by atoms with Crippen LogP contribution in [0.3, 0.4) is 0 Å². The van der Waals surface area contributed by atoms with E-state index < -0.39 is 0 Å². The Balaban J connectivity index is 1.49. The van der Waals surface area contributed by atoms with E-state index in [2.05, 4.69) is 32.6 Å². The van der Waals surface area contributed by atoms with Crippen LogP contribution in [-0.2, 0) is 11.3 Å². The molecule has 1 aliphatic rings. The van der Waals surface area contributed by atoms with Gasteiger partial charge in [-0.05, 0) is 44.8 Å². The monoisotopic (exact) mass is 347 g/mol. The van der Waals surface area contributed by atoms with Gasteiger partial charge in [0.1, 0.15) is 11.0 Å². The third kappa shape index (κ3) is 4.09. The molecule has 0 spiro atoms. The van der Waals surface area contributed by atoms with Crippen LogP contribution in [0.25, 0.3) is 11.0 Å². The number of rotatable bonds is 6.